The van der Waals surface area contributed by atoms with E-state index in [2.05, 4.69) is 10.3 Å². The molecule has 0 saturated heterocycles. The summed E-state index contributed by atoms with van der Waals surface area (Å²) in [7, 11) is 0. The Balaban J connectivity index is 1.83. The molecule has 1 atom stereocenters. The highest BCUT2D eigenvalue weighted by molar-refractivity contribution is 7.13. The highest BCUT2D eigenvalue weighted by Gasteiger charge is 2.26. The number of nitrogens with two attached hydrogens (primary N) is 1. The molecule has 1 aliphatic rings. The van der Waals surface area contributed by atoms with E-state index in [1.54, 1.807) is 0 Å². The smallest absolute Gasteiger partial charge is 0.303 e. The van der Waals surface area contributed by atoms with E-state index >= 15 is 0 Å². The van der Waals surface area contributed by atoms with Gasteiger partial charge in [-0.05, 0) is 19.3 Å². The second-order valence-corrected chi connectivity index (χ2v) is 5.24. The van der Waals surface area contributed by atoms with Crippen LogP contribution in [0.4, 0.5) is 5.13 Å². The molecule has 1 amide bonds. The van der Waals surface area contributed by atoms with Crippen molar-refractivity contribution in [3.8, 4) is 0 Å². The highest BCUT2D eigenvalue weighted by atomic mass is 32.1. The van der Waals surface area contributed by atoms with Crippen LogP contribution in [0, 0.1) is 0 Å². The molecule has 1 aromatic rings. The largest absolute Gasteiger partial charge is 0.481 e. The van der Waals surface area contributed by atoms with E-state index in [1.165, 1.54) is 11.3 Å². The summed E-state index contributed by atoms with van der Waals surface area (Å²) in [5.41, 5.74) is 6.62. The molecule has 0 aromatic carbocycles. The number of aromatic nitrogens is 1. The van der Waals surface area contributed by atoms with Crippen LogP contribution in [0.15, 0.2) is 5.38 Å². The zero-order valence-corrected chi connectivity index (χ0v) is 10.6. The lowest BCUT2D eigenvalue weighted by atomic mass is 10.1. The Labute approximate surface area is 108 Å². The number of carboxylic acids is 1. The first kappa shape index (κ1) is 13.0. The molecule has 0 aliphatic heterocycles. The highest BCUT2D eigenvalue weighted by Crippen LogP contribution is 2.40. The first-order valence-electron chi connectivity index (χ1n) is 5.80. The normalized spacial score (nSPS) is 16.3. The predicted molar refractivity (Wildman–Crippen MR) is 67.6 cm³/mol. The van der Waals surface area contributed by atoms with Crippen LogP contribution in [0.1, 0.15) is 37.3 Å². The number of nitrogens with one attached hydrogen (secondary N) is 1. The zero-order valence-electron chi connectivity index (χ0n) is 9.76. The van der Waals surface area contributed by atoms with E-state index in [-0.39, 0.29) is 18.7 Å². The van der Waals surface area contributed by atoms with Gasteiger partial charge in [0.2, 0.25) is 5.91 Å². The zero-order chi connectivity index (χ0) is 13.1. The lowest BCUT2D eigenvalue weighted by Crippen LogP contribution is -2.36. The Hall–Kier alpha value is -1.47. The number of amides is 1. The summed E-state index contributed by atoms with van der Waals surface area (Å²) in [5.74, 6) is -0.788. The fourth-order valence-electron chi connectivity index (χ4n) is 1.52. The molecule has 98 valence electrons. The fraction of sp³-hybridized carbons (Fsp3) is 0.545. The van der Waals surface area contributed by atoms with E-state index in [0.29, 0.717) is 11.0 Å². The van der Waals surface area contributed by atoms with Gasteiger partial charge in [-0.1, -0.05) is 0 Å². The van der Waals surface area contributed by atoms with Gasteiger partial charge >= 0.3 is 5.97 Å². The van der Waals surface area contributed by atoms with E-state index in [4.69, 9.17) is 10.8 Å². The predicted octanol–water partition coefficient (Wildman–Crippen LogP) is 1.15. The standard InChI is InChI=1S/C11H15N3O3S/c12-7(3-4-9(15)16)10(17)14-11-13-8(5-18-11)6-1-2-6/h5-7H,1-4,12H2,(H,15,16)(H,13,14,17). The van der Waals surface area contributed by atoms with Gasteiger partial charge in [0, 0.05) is 17.7 Å². The maximum absolute atomic E-state index is 11.7. The summed E-state index contributed by atoms with van der Waals surface area (Å²) in [6, 6.07) is -0.811. The second-order valence-electron chi connectivity index (χ2n) is 4.38. The lowest BCUT2D eigenvalue weighted by molar-refractivity contribution is -0.137. The molecule has 2 rings (SSSR count). The molecule has 18 heavy (non-hydrogen) atoms. The Kier molecular flexibility index (Phi) is 3.93. The average molecular weight is 269 g/mol. The van der Waals surface area contributed by atoms with Gasteiger partial charge in [0.05, 0.1) is 11.7 Å². The van der Waals surface area contributed by atoms with E-state index < -0.39 is 12.0 Å². The van der Waals surface area contributed by atoms with Crippen LogP contribution >= 0.6 is 11.3 Å². The molecule has 6 nitrogen and oxygen atoms in total. The minimum Gasteiger partial charge on any atom is -0.481 e. The molecule has 1 fully saturated rings. The van der Waals surface area contributed by atoms with Gasteiger partial charge in [0.25, 0.3) is 0 Å². The minimum atomic E-state index is -0.955. The molecule has 0 bridgehead atoms. The molecule has 7 heteroatoms. The van der Waals surface area contributed by atoms with Crippen LogP contribution in [-0.4, -0.2) is 28.0 Å². The van der Waals surface area contributed by atoms with Crippen molar-refractivity contribution < 1.29 is 14.7 Å². The van der Waals surface area contributed by atoms with Crippen molar-refractivity contribution in [2.75, 3.05) is 5.32 Å². The van der Waals surface area contributed by atoms with Gasteiger partial charge in [-0.3, -0.25) is 9.59 Å². The Morgan fingerprint density at radius 1 is 1.61 bits per heavy atom. The van der Waals surface area contributed by atoms with E-state index in [0.717, 1.165) is 18.5 Å². The van der Waals surface area contributed by atoms with Crippen LogP contribution < -0.4 is 11.1 Å². The molecule has 1 unspecified atom stereocenters. The number of carbonyl (C=O) groups is 2. The van der Waals surface area contributed by atoms with Crippen molar-refractivity contribution in [2.45, 2.75) is 37.6 Å². The van der Waals surface area contributed by atoms with Crippen molar-refractivity contribution in [1.82, 2.24) is 4.98 Å². The van der Waals surface area contributed by atoms with Crippen molar-refractivity contribution >= 4 is 28.3 Å². The number of hydrogen-bond donors (Lipinski definition) is 3. The first-order chi connectivity index (χ1) is 8.56. The maximum atomic E-state index is 11.7. The van der Waals surface area contributed by atoms with Gasteiger partial charge in [0.15, 0.2) is 5.13 Å². The monoisotopic (exact) mass is 269 g/mol. The number of carbonyl (C=O) groups excluding carboxylic acids is 1. The van der Waals surface area contributed by atoms with E-state index in [9.17, 15) is 9.59 Å². The topological polar surface area (TPSA) is 105 Å². The SMILES string of the molecule is NC(CCC(=O)O)C(=O)Nc1nc(C2CC2)cs1. The molecular formula is C11H15N3O3S. The number of nitrogens with zero attached hydrogens (tertiary/aromatic N) is 1. The third-order valence-corrected chi connectivity index (χ3v) is 3.53. The van der Waals surface area contributed by atoms with Crippen LogP contribution in [-0.2, 0) is 9.59 Å². The van der Waals surface area contributed by atoms with Gasteiger partial charge in [-0.15, -0.1) is 11.3 Å². The van der Waals surface area contributed by atoms with Crippen molar-refractivity contribution in [3.05, 3.63) is 11.1 Å². The lowest BCUT2D eigenvalue weighted by Gasteiger charge is -2.08. The molecule has 1 aromatic heterocycles. The molecule has 1 heterocycles. The number of rotatable bonds is 6. The molecule has 0 spiro atoms. The average Bonchev–Trinajstić information content (AvgIpc) is 3.07. The number of thiazole rings is 1. The molecule has 4 N–H and O–H groups in total. The summed E-state index contributed by atoms with van der Waals surface area (Å²) in [6.07, 6.45) is 2.34. The Morgan fingerprint density at radius 3 is 2.94 bits per heavy atom. The van der Waals surface area contributed by atoms with Crippen molar-refractivity contribution in [2.24, 2.45) is 5.73 Å². The van der Waals surface area contributed by atoms with Gasteiger partial charge in [-0.2, -0.15) is 0 Å². The number of aliphatic carboxylic acids is 1. The van der Waals surface area contributed by atoms with Crippen molar-refractivity contribution in [3.63, 3.8) is 0 Å². The molecule has 1 saturated carbocycles. The number of anilines is 1. The van der Waals surface area contributed by atoms with Crippen LogP contribution in [0.3, 0.4) is 0 Å². The van der Waals surface area contributed by atoms with Crippen molar-refractivity contribution in [1.29, 1.82) is 0 Å². The summed E-state index contributed by atoms with van der Waals surface area (Å²) in [5, 5.41) is 13.6. The third-order valence-electron chi connectivity index (χ3n) is 2.75. The van der Waals surface area contributed by atoms with Crippen LogP contribution in [0.5, 0.6) is 0 Å². The second kappa shape index (κ2) is 5.45. The number of hydrogen-bond acceptors (Lipinski definition) is 5. The summed E-state index contributed by atoms with van der Waals surface area (Å²) in [4.78, 5) is 26.3. The Morgan fingerprint density at radius 2 is 2.33 bits per heavy atom. The quantitative estimate of drug-likeness (QED) is 0.718. The van der Waals surface area contributed by atoms with Gasteiger partial charge in [0.1, 0.15) is 0 Å². The van der Waals surface area contributed by atoms with Crippen LogP contribution in [0.25, 0.3) is 0 Å². The van der Waals surface area contributed by atoms with Gasteiger partial charge in [-0.25, -0.2) is 4.98 Å². The Bertz CT molecular complexity index is 456. The first-order valence-corrected chi connectivity index (χ1v) is 6.68. The minimum absolute atomic E-state index is 0.111. The maximum Gasteiger partial charge on any atom is 0.303 e. The van der Waals surface area contributed by atoms with Gasteiger partial charge < -0.3 is 16.2 Å². The van der Waals surface area contributed by atoms with Crippen LogP contribution in [0.2, 0.25) is 0 Å². The molecule has 0 radical (unpaired) electrons. The summed E-state index contributed by atoms with van der Waals surface area (Å²) < 4.78 is 0. The fourth-order valence-corrected chi connectivity index (χ4v) is 2.31. The summed E-state index contributed by atoms with van der Waals surface area (Å²) in [6.45, 7) is 0. The third kappa shape index (κ3) is 3.51. The molecule has 1 aliphatic carbocycles. The number of carboxylic acid groups (broad SMARTS) is 1. The summed E-state index contributed by atoms with van der Waals surface area (Å²) >= 11 is 1.37. The molecular weight excluding hydrogens is 254 g/mol. The van der Waals surface area contributed by atoms with E-state index in [1.807, 2.05) is 5.38 Å².